The van der Waals surface area contributed by atoms with Crippen molar-refractivity contribution in [2.45, 2.75) is 52.0 Å². The van der Waals surface area contributed by atoms with Crippen LogP contribution in [0.3, 0.4) is 0 Å². The first-order valence-electron chi connectivity index (χ1n) is 6.86. The van der Waals surface area contributed by atoms with Crippen LogP contribution < -0.4 is 0 Å². The number of rotatable bonds is 4. The Morgan fingerprint density at radius 3 is 2.12 bits per heavy atom. The van der Waals surface area contributed by atoms with E-state index < -0.39 is 0 Å². The maximum atomic E-state index is 4.13. The third kappa shape index (κ3) is 2.03. The van der Waals surface area contributed by atoms with Crippen molar-refractivity contribution in [3.8, 4) is 0 Å². The van der Waals surface area contributed by atoms with E-state index in [2.05, 4.69) is 50.1 Å². The number of hydrogen-bond donors (Lipinski definition) is 0. The van der Waals surface area contributed by atoms with Gasteiger partial charge in [-0.3, -0.25) is 0 Å². The molecule has 3 unspecified atom stereocenters. The van der Waals surface area contributed by atoms with Gasteiger partial charge >= 0.3 is 0 Å². The monoisotopic (exact) mass is 233 g/mol. The van der Waals surface area contributed by atoms with Crippen molar-refractivity contribution in [1.29, 1.82) is 0 Å². The summed E-state index contributed by atoms with van der Waals surface area (Å²) in [5.41, 5.74) is 0. The van der Waals surface area contributed by atoms with Crippen molar-refractivity contribution in [2.24, 2.45) is 29.6 Å². The summed E-state index contributed by atoms with van der Waals surface area (Å²) < 4.78 is 0. The Balaban J connectivity index is 2.05. The van der Waals surface area contributed by atoms with Gasteiger partial charge in [0, 0.05) is 10.2 Å². The Hall–Kier alpha value is -0.0431. The molecule has 0 saturated heterocycles. The van der Waals surface area contributed by atoms with E-state index in [-0.39, 0.29) is 0 Å². The van der Waals surface area contributed by atoms with Gasteiger partial charge in [-0.15, -0.1) is 0 Å². The molecular weight excluding hydrogens is 208 g/mol. The molecule has 1 fully saturated rings. The molecule has 2 aliphatic carbocycles. The predicted octanol–water partition coefficient (Wildman–Crippen LogP) is 4.23. The molecular formula is C15H25Si. The number of fused-ring (bicyclic) bond motifs is 2. The topological polar surface area (TPSA) is 0 Å². The highest BCUT2D eigenvalue weighted by Gasteiger charge is 2.41. The van der Waals surface area contributed by atoms with Crippen molar-refractivity contribution in [1.82, 2.24) is 0 Å². The highest BCUT2D eigenvalue weighted by atomic mass is 28.1. The SMILES string of the molecule is CC(C)C([Si])(CC1CC2C=CC1C2)C(C)C. The highest BCUT2D eigenvalue weighted by molar-refractivity contribution is 6.15. The zero-order chi connectivity index (χ0) is 11.9. The smallest absolute Gasteiger partial charge is 0.0320 e. The molecule has 3 radical (unpaired) electrons. The highest BCUT2D eigenvalue weighted by Crippen LogP contribution is 2.53. The molecule has 0 spiro atoms. The van der Waals surface area contributed by atoms with Crippen molar-refractivity contribution in [3.05, 3.63) is 12.2 Å². The van der Waals surface area contributed by atoms with Crippen LogP contribution in [-0.2, 0) is 0 Å². The Morgan fingerprint density at radius 1 is 1.12 bits per heavy atom. The summed E-state index contributed by atoms with van der Waals surface area (Å²) in [7, 11) is 4.13. The van der Waals surface area contributed by atoms with Crippen LogP contribution in [-0.4, -0.2) is 10.2 Å². The van der Waals surface area contributed by atoms with Gasteiger partial charge in [-0.1, -0.05) is 39.8 Å². The van der Waals surface area contributed by atoms with Crippen molar-refractivity contribution >= 4 is 10.2 Å². The minimum atomic E-state index is 0.336. The molecule has 3 atom stereocenters. The van der Waals surface area contributed by atoms with E-state index in [1.54, 1.807) is 0 Å². The average Bonchev–Trinajstić information content (AvgIpc) is 2.78. The van der Waals surface area contributed by atoms with E-state index in [9.17, 15) is 0 Å². The number of allylic oxidation sites excluding steroid dienone is 2. The Morgan fingerprint density at radius 2 is 1.75 bits per heavy atom. The molecule has 1 saturated carbocycles. The van der Waals surface area contributed by atoms with Gasteiger partial charge in [0.15, 0.2) is 0 Å². The van der Waals surface area contributed by atoms with Crippen LogP contribution in [0, 0.1) is 29.6 Å². The normalized spacial score (nSPS) is 33.3. The third-order valence-corrected chi connectivity index (χ3v) is 6.44. The standard InChI is InChI=1S/C15H25Si/c1-10(2)15(16,11(3)4)9-14-8-12-5-6-13(14)7-12/h5-6,10-14H,7-9H2,1-4H3. The fourth-order valence-electron chi connectivity index (χ4n) is 3.70. The summed E-state index contributed by atoms with van der Waals surface area (Å²) in [6, 6.07) is 0. The molecule has 0 nitrogen and oxygen atoms in total. The van der Waals surface area contributed by atoms with Crippen molar-refractivity contribution < 1.29 is 0 Å². The van der Waals surface area contributed by atoms with Gasteiger partial charge in [0.2, 0.25) is 0 Å². The molecule has 0 N–H and O–H groups in total. The first kappa shape index (κ1) is 12.4. The minimum Gasteiger partial charge on any atom is -0.0851 e. The predicted molar refractivity (Wildman–Crippen MR) is 71.6 cm³/mol. The lowest BCUT2D eigenvalue weighted by Gasteiger charge is -2.41. The minimum absolute atomic E-state index is 0.336. The summed E-state index contributed by atoms with van der Waals surface area (Å²) in [5.74, 6) is 4.15. The van der Waals surface area contributed by atoms with E-state index in [4.69, 9.17) is 0 Å². The fraction of sp³-hybridized carbons (Fsp3) is 0.867. The van der Waals surface area contributed by atoms with Gasteiger partial charge in [0.25, 0.3) is 0 Å². The van der Waals surface area contributed by atoms with Gasteiger partial charge < -0.3 is 0 Å². The molecule has 2 bridgehead atoms. The zero-order valence-corrected chi connectivity index (χ0v) is 12.2. The van der Waals surface area contributed by atoms with Gasteiger partial charge in [0.1, 0.15) is 0 Å². The van der Waals surface area contributed by atoms with E-state index in [0.29, 0.717) is 16.9 Å². The second-order valence-corrected chi connectivity index (χ2v) is 7.53. The van der Waals surface area contributed by atoms with Crippen LogP contribution in [0.4, 0.5) is 0 Å². The van der Waals surface area contributed by atoms with Crippen LogP contribution in [0.2, 0.25) is 5.04 Å². The second kappa shape index (κ2) is 4.32. The summed E-state index contributed by atoms with van der Waals surface area (Å²) in [6.07, 6.45) is 9.15. The average molecular weight is 233 g/mol. The van der Waals surface area contributed by atoms with Crippen LogP contribution in [0.5, 0.6) is 0 Å². The molecule has 0 aromatic carbocycles. The molecule has 89 valence electrons. The van der Waals surface area contributed by atoms with Crippen LogP contribution in [0.25, 0.3) is 0 Å². The van der Waals surface area contributed by atoms with E-state index in [1.165, 1.54) is 19.3 Å². The molecule has 0 heterocycles. The molecule has 0 amide bonds. The largest absolute Gasteiger partial charge is 0.0851 e. The van der Waals surface area contributed by atoms with Crippen LogP contribution in [0.15, 0.2) is 12.2 Å². The van der Waals surface area contributed by atoms with Crippen LogP contribution in [0.1, 0.15) is 47.0 Å². The van der Waals surface area contributed by atoms with E-state index in [0.717, 1.165) is 17.8 Å². The quantitative estimate of drug-likeness (QED) is 0.503. The molecule has 0 aliphatic heterocycles. The molecule has 0 aromatic heterocycles. The lowest BCUT2D eigenvalue weighted by Crippen LogP contribution is -2.30. The first-order chi connectivity index (χ1) is 7.43. The van der Waals surface area contributed by atoms with Gasteiger partial charge in [-0.05, 0) is 53.9 Å². The Kier molecular flexibility index (Phi) is 3.36. The van der Waals surface area contributed by atoms with Crippen molar-refractivity contribution in [2.75, 3.05) is 0 Å². The van der Waals surface area contributed by atoms with Gasteiger partial charge in [-0.25, -0.2) is 0 Å². The summed E-state index contributed by atoms with van der Waals surface area (Å²) >= 11 is 0. The van der Waals surface area contributed by atoms with Gasteiger partial charge in [-0.2, -0.15) is 0 Å². The van der Waals surface area contributed by atoms with Crippen molar-refractivity contribution in [3.63, 3.8) is 0 Å². The Bertz CT molecular complexity index is 269. The molecule has 2 aliphatic rings. The fourth-order valence-corrected chi connectivity index (χ4v) is 3.96. The third-order valence-electron chi connectivity index (χ3n) is 5.08. The van der Waals surface area contributed by atoms with E-state index >= 15 is 0 Å². The molecule has 0 aromatic rings. The lowest BCUT2D eigenvalue weighted by atomic mass is 9.74. The lowest BCUT2D eigenvalue weighted by molar-refractivity contribution is 0.232. The second-order valence-electron chi connectivity index (χ2n) is 6.59. The van der Waals surface area contributed by atoms with E-state index in [1.807, 2.05) is 0 Å². The molecule has 16 heavy (non-hydrogen) atoms. The maximum Gasteiger partial charge on any atom is 0.0320 e. The zero-order valence-electron chi connectivity index (χ0n) is 11.2. The molecule has 1 heteroatoms. The Labute approximate surface area is 104 Å². The first-order valence-corrected chi connectivity index (χ1v) is 7.36. The summed E-state index contributed by atoms with van der Waals surface area (Å²) in [4.78, 5) is 0. The number of hydrogen-bond acceptors (Lipinski definition) is 0. The molecule has 2 rings (SSSR count). The summed E-state index contributed by atoms with van der Waals surface area (Å²) in [5, 5.41) is 0.336. The maximum absolute atomic E-state index is 4.13. The van der Waals surface area contributed by atoms with Gasteiger partial charge in [0.05, 0.1) is 0 Å². The van der Waals surface area contributed by atoms with Crippen LogP contribution >= 0.6 is 0 Å². The summed E-state index contributed by atoms with van der Waals surface area (Å²) in [6.45, 7) is 9.43.